The highest BCUT2D eigenvalue weighted by molar-refractivity contribution is 7.89. The van der Waals surface area contributed by atoms with Crippen LogP contribution in [0.1, 0.15) is 12.8 Å². The molecular weight excluding hydrogens is 390 g/mol. The molecule has 1 aliphatic heterocycles. The average Bonchev–Trinajstić information content (AvgIpc) is 3.23. The van der Waals surface area contributed by atoms with Crippen LogP contribution in [-0.2, 0) is 14.8 Å². The van der Waals surface area contributed by atoms with Gasteiger partial charge in [-0.3, -0.25) is 14.9 Å². The number of nitrogens with zero attached hydrogens (tertiary/aromatic N) is 3. The van der Waals surface area contributed by atoms with Crippen LogP contribution in [0.4, 0.5) is 5.82 Å². The van der Waals surface area contributed by atoms with Gasteiger partial charge in [-0.15, -0.1) is 0 Å². The van der Waals surface area contributed by atoms with Gasteiger partial charge in [-0.25, -0.2) is 8.42 Å². The van der Waals surface area contributed by atoms with Crippen LogP contribution in [0.5, 0.6) is 0 Å². The number of piperidine rings is 1. The Morgan fingerprint density at radius 1 is 1.14 bits per heavy atom. The first-order valence-corrected chi connectivity index (χ1v) is 10.8. The maximum Gasteiger partial charge on any atom is 0.243 e. The van der Waals surface area contributed by atoms with Crippen molar-refractivity contribution >= 4 is 21.7 Å². The molecule has 1 aromatic carbocycles. The van der Waals surface area contributed by atoms with Gasteiger partial charge in [0.25, 0.3) is 0 Å². The quantitative estimate of drug-likeness (QED) is 0.671. The smallest absolute Gasteiger partial charge is 0.243 e. The Morgan fingerprint density at radius 3 is 2.66 bits per heavy atom. The lowest BCUT2D eigenvalue weighted by molar-refractivity contribution is -0.120. The summed E-state index contributed by atoms with van der Waals surface area (Å²) in [4.78, 5) is 16.9. The number of anilines is 1. The van der Waals surface area contributed by atoms with E-state index in [9.17, 15) is 13.2 Å². The molecule has 0 spiro atoms. The zero-order chi connectivity index (χ0) is 20.3. The second-order valence-electron chi connectivity index (χ2n) is 6.91. The van der Waals surface area contributed by atoms with Crippen LogP contribution in [0.3, 0.4) is 0 Å². The molecule has 1 saturated heterocycles. The number of hydrogen-bond acceptors (Lipinski definition) is 5. The molecule has 0 radical (unpaired) electrons. The van der Waals surface area contributed by atoms with Gasteiger partial charge in [0.1, 0.15) is 0 Å². The molecule has 150 valence electrons. The van der Waals surface area contributed by atoms with E-state index in [4.69, 9.17) is 0 Å². The highest BCUT2D eigenvalue weighted by Crippen LogP contribution is 2.25. The molecular formula is C20H21N5O3S. The molecule has 0 aliphatic carbocycles. The molecule has 0 saturated carbocycles. The maximum atomic E-state index is 12.8. The molecule has 1 amide bonds. The van der Waals surface area contributed by atoms with Crippen molar-refractivity contribution in [3.8, 4) is 11.3 Å². The summed E-state index contributed by atoms with van der Waals surface area (Å²) >= 11 is 0. The van der Waals surface area contributed by atoms with Gasteiger partial charge in [-0.05, 0) is 37.1 Å². The number of pyridine rings is 1. The molecule has 2 aromatic heterocycles. The minimum absolute atomic E-state index is 0.157. The van der Waals surface area contributed by atoms with Crippen molar-refractivity contribution in [1.82, 2.24) is 19.5 Å². The highest BCUT2D eigenvalue weighted by Gasteiger charge is 2.33. The Morgan fingerprint density at radius 2 is 1.90 bits per heavy atom. The number of amides is 1. The van der Waals surface area contributed by atoms with E-state index in [1.54, 1.807) is 48.8 Å². The second kappa shape index (κ2) is 8.14. The lowest BCUT2D eigenvalue weighted by Crippen LogP contribution is -2.43. The van der Waals surface area contributed by atoms with E-state index >= 15 is 0 Å². The number of aromatic amines is 1. The van der Waals surface area contributed by atoms with Crippen molar-refractivity contribution in [3.63, 3.8) is 0 Å². The summed E-state index contributed by atoms with van der Waals surface area (Å²) in [5, 5.41) is 9.81. The molecule has 29 heavy (non-hydrogen) atoms. The maximum absolute atomic E-state index is 12.8. The molecule has 8 nitrogen and oxygen atoms in total. The number of rotatable bonds is 5. The monoisotopic (exact) mass is 411 g/mol. The molecule has 2 N–H and O–H groups in total. The van der Waals surface area contributed by atoms with E-state index in [1.165, 1.54) is 4.31 Å². The van der Waals surface area contributed by atoms with Crippen molar-refractivity contribution < 1.29 is 13.2 Å². The number of hydrogen-bond donors (Lipinski definition) is 2. The van der Waals surface area contributed by atoms with Crippen LogP contribution in [-0.4, -0.2) is 46.9 Å². The minimum atomic E-state index is -3.61. The molecule has 1 aliphatic rings. The fraction of sp³-hybridized carbons (Fsp3) is 0.250. The third kappa shape index (κ3) is 4.20. The first-order chi connectivity index (χ1) is 14.0. The number of benzene rings is 1. The lowest BCUT2D eigenvalue weighted by Gasteiger charge is -2.31. The first-order valence-electron chi connectivity index (χ1n) is 9.36. The van der Waals surface area contributed by atoms with Crippen LogP contribution in [0.2, 0.25) is 0 Å². The normalized spacial score (nSPS) is 17.7. The van der Waals surface area contributed by atoms with Gasteiger partial charge in [-0.2, -0.15) is 9.40 Å². The minimum Gasteiger partial charge on any atom is -0.309 e. The SMILES string of the molecule is O=C(Nc1cc(-c2ccncc2)[nH]n1)C1CCCN(S(=O)(=O)c2ccccc2)C1. The number of carbonyl (C=O) groups excluding carboxylic acids is 1. The van der Waals surface area contributed by atoms with Crippen LogP contribution in [0.15, 0.2) is 65.8 Å². The van der Waals surface area contributed by atoms with Gasteiger partial charge in [0.15, 0.2) is 5.82 Å². The van der Waals surface area contributed by atoms with Gasteiger partial charge in [0.05, 0.1) is 16.5 Å². The molecule has 1 fully saturated rings. The summed E-state index contributed by atoms with van der Waals surface area (Å²) in [7, 11) is -3.61. The van der Waals surface area contributed by atoms with Gasteiger partial charge in [-0.1, -0.05) is 18.2 Å². The van der Waals surface area contributed by atoms with Crippen LogP contribution in [0, 0.1) is 5.92 Å². The summed E-state index contributed by atoms with van der Waals surface area (Å²) in [6.07, 6.45) is 4.62. The zero-order valence-corrected chi connectivity index (χ0v) is 16.5. The van der Waals surface area contributed by atoms with E-state index in [0.29, 0.717) is 25.2 Å². The second-order valence-corrected chi connectivity index (χ2v) is 8.85. The molecule has 1 atom stereocenters. The number of H-pyrrole nitrogens is 1. The van der Waals surface area contributed by atoms with Crippen molar-refractivity contribution in [3.05, 3.63) is 60.9 Å². The third-order valence-electron chi connectivity index (χ3n) is 4.96. The van der Waals surface area contributed by atoms with Gasteiger partial charge in [0.2, 0.25) is 15.9 Å². The Labute approximate surface area is 169 Å². The Hall–Kier alpha value is -3.04. The average molecular weight is 411 g/mol. The van der Waals surface area contributed by atoms with E-state index in [1.807, 2.05) is 12.1 Å². The zero-order valence-electron chi connectivity index (χ0n) is 15.7. The third-order valence-corrected chi connectivity index (χ3v) is 6.84. The van der Waals surface area contributed by atoms with Gasteiger partial charge < -0.3 is 5.32 Å². The fourth-order valence-corrected chi connectivity index (χ4v) is 4.95. The standard InChI is InChI=1S/C20H21N5O3S/c26-20(22-19-13-18(23-24-19)15-8-10-21-11-9-15)16-5-4-12-25(14-16)29(27,28)17-6-2-1-3-7-17/h1-3,6-11,13,16H,4-5,12,14H2,(H2,22,23,24,26). The van der Waals surface area contributed by atoms with E-state index in [2.05, 4.69) is 20.5 Å². The largest absolute Gasteiger partial charge is 0.309 e. The summed E-state index contributed by atoms with van der Waals surface area (Å²) in [6, 6.07) is 13.7. The summed E-state index contributed by atoms with van der Waals surface area (Å²) < 4.78 is 27.1. The molecule has 0 bridgehead atoms. The molecule has 3 aromatic rings. The summed E-state index contributed by atoms with van der Waals surface area (Å²) in [5.41, 5.74) is 1.67. The van der Waals surface area contributed by atoms with Crippen molar-refractivity contribution in [1.29, 1.82) is 0 Å². The van der Waals surface area contributed by atoms with Crippen LogP contribution < -0.4 is 5.32 Å². The van der Waals surface area contributed by atoms with Gasteiger partial charge in [0, 0.05) is 37.1 Å². The number of sulfonamides is 1. The van der Waals surface area contributed by atoms with Crippen molar-refractivity contribution in [2.75, 3.05) is 18.4 Å². The molecule has 4 rings (SSSR count). The van der Waals surface area contributed by atoms with E-state index in [0.717, 1.165) is 11.3 Å². The summed E-state index contributed by atoms with van der Waals surface area (Å²) in [6.45, 7) is 0.570. The Balaban J connectivity index is 1.44. The summed E-state index contributed by atoms with van der Waals surface area (Å²) in [5.74, 6) is -0.251. The first kappa shape index (κ1) is 19.3. The Kier molecular flexibility index (Phi) is 5.41. The lowest BCUT2D eigenvalue weighted by atomic mass is 9.99. The van der Waals surface area contributed by atoms with Crippen molar-refractivity contribution in [2.24, 2.45) is 5.92 Å². The molecule has 9 heteroatoms. The fourth-order valence-electron chi connectivity index (χ4n) is 3.41. The van der Waals surface area contributed by atoms with E-state index < -0.39 is 15.9 Å². The number of nitrogens with one attached hydrogen (secondary N) is 2. The predicted octanol–water partition coefficient (Wildman–Crippen LogP) is 2.51. The molecule has 1 unspecified atom stereocenters. The van der Waals surface area contributed by atoms with Gasteiger partial charge >= 0.3 is 0 Å². The number of aromatic nitrogens is 3. The topological polar surface area (TPSA) is 108 Å². The van der Waals surface area contributed by atoms with Crippen LogP contribution in [0.25, 0.3) is 11.3 Å². The predicted molar refractivity (Wildman–Crippen MR) is 108 cm³/mol. The molecule has 3 heterocycles. The number of carbonyl (C=O) groups is 1. The van der Waals surface area contributed by atoms with Crippen molar-refractivity contribution in [2.45, 2.75) is 17.7 Å². The van der Waals surface area contributed by atoms with Crippen LogP contribution >= 0.6 is 0 Å². The Bertz CT molecular complexity index is 1080. The highest BCUT2D eigenvalue weighted by atomic mass is 32.2. The van der Waals surface area contributed by atoms with E-state index in [-0.39, 0.29) is 17.3 Å².